The number of halogens is 1. The van der Waals surface area contributed by atoms with Crippen LogP contribution < -0.4 is 42.1 Å². The number of benzene rings is 7. The summed E-state index contributed by atoms with van der Waals surface area (Å²) in [6, 6.07) is 52.9. The second-order valence-corrected chi connectivity index (χ2v) is 39.0. The van der Waals surface area contributed by atoms with Gasteiger partial charge in [-0.15, -0.1) is 0 Å². The third-order valence-electron chi connectivity index (χ3n) is 24.9. The summed E-state index contributed by atoms with van der Waals surface area (Å²) in [5.74, 6) is 0.368. The monoisotopic (exact) mass is 1860 g/mol. The summed E-state index contributed by atoms with van der Waals surface area (Å²) in [4.78, 5) is 107. The Balaban J connectivity index is 0.000000149. The molecule has 131 heavy (non-hydrogen) atoms. The van der Waals surface area contributed by atoms with E-state index in [9.17, 15) is 38.4 Å². The molecular formula is C102H132BrN13O15. The minimum absolute atomic E-state index is 0.0826. The highest BCUT2D eigenvalue weighted by Crippen LogP contribution is 2.45. The van der Waals surface area contributed by atoms with Crippen LogP contribution >= 0.6 is 15.9 Å². The lowest BCUT2D eigenvalue weighted by molar-refractivity contribution is -0.107. The molecule has 9 aromatic rings. The van der Waals surface area contributed by atoms with Gasteiger partial charge in [0.1, 0.15) is 23.1 Å². The van der Waals surface area contributed by atoms with Crippen LogP contribution in [0.5, 0.6) is 0 Å². The number of amides is 7. The average Bonchev–Trinajstić information content (AvgIpc) is 1.59. The van der Waals surface area contributed by atoms with Crippen molar-refractivity contribution in [3.63, 3.8) is 0 Å². The second-order valence-electron chi connectivity index (χ2n) is 38.1. The number of nitrogens with zero attached hydrogens (tertiary/aromatic N) is 9. The van der Waals surface area contributed by atoms with Gasteiger partial charge in [0.25, 0.3) is 0 Å². The second kappa shape index (κ2) is 42.6. The number of nitrogens with two attached hydrogens (primary N) is 3. The third-order valence-corrected chi connectivity index (χ3v) is 25.6. The fourth-order valence-corrected chi connectivity index (χ4v) is 18.5. The van der Waals surface area contributed by atoms with Crippen LogP contribution in [0.1, 0.15) is 184 Å². The number of ether oxygens (including phenoxy) is 7. The number of nitrogens with one attached hydrogen (secondary N) is 1. The summed E-state index contributed by atoms with van der Waals surface area (Å²) in [6.45, 7) is 30.9. The zero-order chi connectivity index (χ0) is 94.7. The number of nitrogen functional groups attached to an aromatic ring is 2. The minimum Gasteiger partial charge on any atom is -0.452 e. The van der Waals surface area contributed by atoms with Gasteiger partial charge in [-0.3, -0.25) is 19.6 Å². The Morgan fingerprint density at radius 1 is 0.420 bits per heavy atom. The maximum Gasteiger partial charge on any atom is 0.414 e. The minimum atomic E-state index is -0.511. The van der Waals surface area contributed by atoms with E-state index in [2.05, 4.69) is 135 Å². The van der Waals surface area contributed by atoms with Crippen LogP contribution in [-0.4, -0.2) is 201 Å². The van der Waals surface area contributed by atoms with Crippen LogP contribution in [-0.2, 0) is 89.3 Å². The van der Waals surface area contributed by atoms with Crippen molar-refractivity contribution in [2.45, 2.75) is 226 Å². The Morgan fingerprint density at radius 2 is 0.756 bits per heavy atom. The summed E-state index contributed by atoms with van der Waals surface area (Å²) in [5, 5.41) is 5.87. The van der Waals surface area contributed by atoms with E-state index in [1.54, 1.807) is 29.4 Å². The molecule has 0 saturated carbocycles. The lowest BCUT2D eigenvalue weighted by Crippen LogP contribution is -2.58. The molecule has 4 atom stereocenters. The van der Waals surface area contributed by atoms with Gasteiger partial charge in [-0.25, -0.2) is 33.6 Å². The highest BCUT2D eigenvalue weighted by Gasteiger charge is 2.42. The standard InChI is InChI=1S/C29H35N3O4.C24H27N3O2.C21H31N3O4.C12H15BrN2O2.C8H16N2O2.C8H8O/c1-19-11-12-23-24-16-21(15-20-9-7-6-8-10-20)32(22-17-30(18-22)27(33)36-29(2,3)4)26(24)14-13-25(23)31(19)28(34)35-5;1-16-8-9-20-21-13-18(12-17-6-4-3-5-7-17)27(19-14-25-15-19)23(21)11-10-22(20)26(16)24(28)29-2;1-13-6-8-16-17(24(13)20(26)27-5)9-7-15(18(16)22)10-14-11-23(12-14)19(25)28-21(2,3)4;1-7-3-4-8-10(15(7)12(16)17-2)6-5-9(13)11(8)14;1-8(2,3)12-7(11)10-4-6(9)5-10;9-7-6-8-4-2-1-3-5-8/h6-10,13-14,16,19,22H,11-12,15,17-18H2,1-5H3;3-7,10-11,13,16,19,25H,8-9,12,14-15H2,1-2H3;7,9,13-14H,6,8,10-12,22H2,1-5H3;5-7H,3-4,14H2,1-2H3;6H,4-5,9H2,1-3H3;1-5,7H,6H2/t19-;16-;13-;7-;;/m0000../s1. The van der Waals surface area contributed by atoms with Gasteiger partial charge in [0.2, 0.25) is 0 Å². The normalized spacial score (nSPS) is 18.2. The molecule has 0 spiro atoms. The Bertz CT molecular complexity index is 5530. The zero-order valence-corrected chi connectivity index (χ0v) is 80.6. The number of hydrogen-bond acceptors (Lipinski definition) is 19. The smallest absolute Gasteiger partial charge is 0.414 e. The van der Waals surface area contributed by atoms with Gasteiger partial charge < -0.3 is 84.3 Å². The number of likely N-dealkylation sites (tertiary alicyclic amines) is 3. The van der Waals surface area contributed by atoms with E-state index in [4.69, 9.17) is 50.4 Å². The van der Waals surface area contributed by atoms with Crippen LogP contribution in [0.25, 0.3) is 21.8 Å². The Hall–Kier alpha value is -11.8. The Labute approximate surface area is 778 Å². The summed E-state index contributed by atoms with van der Waals surface area (Å²) in [7, 11) is 5.68. The van der Waals surface area contributed by atoms with Crippen molar-refractivity contribution < 1.29 is 71.5 Å². The molecule has 0 aliphatic carbocycles. The molecule has 0 unspecified atom stereocenters. The van der Waals surface area contributed by atoms with Gasteiger partial charge in [0, 0.05) is 151 Å². The van der Waals surface area contributed by atoms with Crippen LogP contribution in [0.3, 0.4) is 0 Å². The molecule has 10 heterocycles. The molecule has 4 saturated heterocycles. The molecule has 17 rings (SSSR count). The predicted molar refractivity (Wildman–Crippen MR) is 518 cm³/mol. The summed E-state index contributed by atoms with van der Waals surface area (Å²) < 4.78 is 41.8. The van der Waals surface area contributed by atoms with Crippen LogP contribution in [0, 0.1) is 5.92 Å². The molecule has 29 heteroatoms. The van der Waals surface area contributed by atoms with Crippen molar-refractivity contribution in [3.8, 4) is 0 Å². The number of aromatic nitrogens is 2. The van der Waals surface area contributed by atoms with Crippen molar-refractivity contribution in [1.82, 2.24) is 29.2 Å². The molecule has 2 aromatic heterocycles. The van der Waals surface area contributed by atoms with E-state index in [-0.39, 0.29) is 78.9 Å². The van der Waals surface area contributed by atoms with E-state index >= 15 is 0 Å². The van der Waals surface area contributed by atoms with Crippen molar-refractivity contribution >= 4 is 121 Å². The van der Waals surface area contributed by atoms with E-state index in [1.807, 2.05) is 142 Å². The number of hydrogen-bond donors (Lipinski definition) is 4. The lowest BCUT2D eigenvalue weighted by atomic mass is 9.87. The number of anilines is 6. The highest BCUT2D eigenvalue weighted by molar-refractivity contribution is 9.10. The first-order chi connectivity index (χ1) is 62.3. The van der Waals surface area contributed by atoms with Gasteiger partial charge in [-0.05, 0) is 263 Å². The molecule has 8 aliphatic rings. The van der Waals surface area contributed by atoms with Gasteiger partial charge in [0.05, 0.1) is 69.0 Å². The summed E-state index contributed by atoms with van der Waals surface area (Å²) >= 11 is 3.40. The highest BCUT2D eigenvalue weighted by atomic mass is 79.9. The largest absolute Gasteiger partial charge is 0.452 e. The number of aldehydes is 1. The molecule has 702 valence electrons. The molecular weight excluding hydrogens is 1730 g/mol. The molecule has 28 nitrogen and oxygen atoms in total. The van der Waals surface area contributed by atoms with E-state index in [0.29, 0.717) is 63.3 Å². The first-order valence-corrected chi connectivity index (χ1v) is 46.3. The van der Waals surface area contributed by atoms with E-state index in [0.717, 1.165) is 151 Å². The van der Waals surface area contributed by atoms with E-state index in [1.165, 1.54) is 78.4 Å². The third kappa shape index (κ3) is 23.6. The predicted octanol–water partition coefficient (Wildman–Crippen LogP) is 18.7. The van der Waals surface area contributed by atoms with Crippen molar-refractivity contribution in [2.24, 2.45) is 11.7 Å². The number of methoxy groups -OCH3 is 4. The average molecular weight is 1860 g/mol. The van der Waals surface area contributed by atoms with Gasteiger partial charge in [-0.2, -0.15) is 0 Å². The molecule has 4 fully saturated rings. The van der Waals surface area contributed by atoms with E-state index < -0.39 is 16.8 Å². The van der Waals surface area contributed by atoms with Crippen molar-refractivity contribution in [3.05, 3.63) is 212 Å². The first-order valence-electron chi connectivity index (χ1n) is 45.5. The van der Waals surface area contributed by atoms with Crippen molar-refractivity contribution in [1.29, 1.82) is 0 Å². The maximum absolute atomic E-state index is 12.6. The van der Waals surface area contributed by atoms with Gasteiger partial charge in [-0.1, -0.05) is 97.1 Å². The van der Waals surface area contributed by atoms with Crippen LogP contribution in [0.2, 0.25) is 0 Å². The lowest BCUT2D eigenvalue weighted by Gasteiger charge is -2.41. The SMILES string of the molecule is CC(C)(C)OC(=O)N1CC(N)C1.COC(=O)N1c2ccc(Br)c(N)c2CC[C@@H]1C.COC(=O)N1c2ccc(CC3CN(C(=O)OC(C)(C)C)C3)c(N)c2CC[C@@H]1C.COC(=O)N1c2ccc3c(cc(Cc4ccccc4)n3C3CN(C(=O)OC(C)(C)C)C3)c2CC[C@@H]1C.COC(=O)N1c2ccc3c(cc(Cc4ccccc4)n3C3CNC3)c2CC[C@@H]1C.O=CCc1ccccc1. The van der Waals surface area contributed by atoms with Crippen LogP contribution in [0.15, 0.2) is 156 Å². The molecule has 7 N–H and O–H groups in total. The number of rotatable bonds is 10. The molecule has 0 radical (unpaired) electrons. The Morgan fingerprint density at radius 3 is 1.11 bits per heavy atom. The number of carbonyl (C=O) groups is 8. The topological polar surface area (TPSA) is 324 Å². The summed E-state index contributed by atoms with van der Waals surface area (Å²) in [6.07, 6.45) is 9.10. The van der Waals surface area contributed by atoms with Crippen LogP contribution in [0.4, 0.5) is 67.7 Å². The van der Waals surface area contributed by atoms with Gasteiger partial charge in [0.15, 0.2) is 0 Å². The molecule has 8 aliphatic heterocycles. The fraction of sp³-hybridized carbons (Fsp3) is 0.471. The van der Waals surface area contributed by atoms with Gasteiger partial charge >= 0.3 is 42.7 Å². The molecule has 7 aromatic carbocycles. The number of aryl methyl sites for hydroxylation is 2. The molecule has 7 amide bonds. The molecule has 0 bridgehead atoms. The maximum atomic E-state index is 12.6. The first kappa shape index (κ1) is 98.2. The zero-order valence-electron chi connectivity index (χ0n) is 79.0. The quantitative estimate of drug-likeness (QED) is 0.0561. The fourth-order valence-electron chi connectivity index (χ4n) is 18.1. The number of fused-ring (bicyclic) bond motifs is 8. The summed E-state index contributed by atoms with van der Waals surface area (Å²) in [5.41, 5.74) is 35.9. The number of carbonyl (C=O) groups excluding carboxylic acids is 8. The van der Waals surface area contributed by atoms with Crippen molar-refractivity contribution in [2.75, 3.05) is 112 Å². The Kier molecular flexibility index (Phi) is 31.9.